The van der Waals surface area contributed by atoms with Crippen LogP contribution in [-0.2, 0) is 6.42 Å². The van der Waals surface area contributed by atoms with Crippen molar-refractivity contribution < 1.29 is 4.42 Å². The highest BCUT2D eigenvalue weighted by Crippen LogP contribution is 2.31. The first-order valence-corrected chi connectivity index (χ1v) is 8.23. The molecule has 1 aliphatic heterocycles. The van der Waals surface area contributed by atoms with Crippen LogP contribution in [0.3, 0.4) is 0 Å². The minimum absolute atomic E-state index is 0.157. The minimum Gasteiger partial charge on any atom is -0.456 e. The molecule has 0 aliphatic carbocycles. The molecule has 1 aliphatic rings. The van der Waals surface area contributed by atoms with Crippen LogP contribution in [0.25, 0.3) is 22.3 Å². The van der Waals surface area contributed by atoms with Crippen molar-refractivity contribution in [3.63, 3.8) is 0 Å². The maximum absolute atomic E-state index is 5.95. The minimum atomic E-state index is 0.157. The van der Waals surface area contributed by atoms with E-state index in [4.69, 9.17) is 4.42 Å². The number of aromatic amines is 1. The first kappa shape index (κ1) is 13.6. The van der Waals surface area contributed by atoms with Gasteiger partial charge in [-0.15, -0.1) is 0 Å². The average molecular weight is 315 g/mol. The van der Waals surface area contributed by atoms with Gasteiger partial charge in [-0.25, -0.2) is 4.98 Å². The lowest BCUT2D eigenvalue weighted by molar-refractivity contribution is 0.553. The van der Waals surface area contributed by atoms with Crippen LogP contribution in [0.4, 0.5) is 0 Å². The fourth-order valence-electron chi connectivity index (χ4n) is 3.46. The SMILES string of the molecule is c1ccc2oc(-c3ccc([C@@H]4NCCc5[nH]cnc54)cc3)cc2c1. The van der Waals surface area contributed by atoms with Gasteiger partial charge in [-0.2, -0.15) is 0 Å². The second-order valence-corrected chi connectivity index (χ2v) is 6.17. The van der Waals surface area contributed by atoms with Crippen LogP contribution in [0.2, 0.25) is 0 Å². The Hall–Kier alpha value is -2.85. The van der Waals surface area contributed by atoms with Gasteiger partial charge < -0.3 is 14.7 Å². The molecule has 5 rings (SSSR count). The Morgan fingerprint density at radius 3 is 2.79 bits per heavy atom. The molecular formula is C20H17N3O. The Labute approximate surface area is 139 Å². The van der Waals surface area contributed by atoms with Crippen LogP contribution < -0.4 is 5.32 Å². The average Bonchev–Trinajstić information content (AvgIpc) is 3.28. The van der Waals surface area contributed by atoms with E-state index in [9.17, 15) is 0 Å². The fraction of sp³-hybridized carbons (Fsp3) is 0.150. The van der Waals surface area contributed by atoms with E-state index in [2.05, 4.69) is 51.7 Å². The van der Waals surface area contributed by atoms with Gasteiger partial charge in [0.15, 0.2) is 0 Å². The normalized spacial score (nSPS) is 17.1. The molecule has 0 bridgehead atoms. The summed E-state index contributed by atoms with van der Waals surface area (Å²) in [4.78, 5) is 7.73. The molecule has 0 saturated heterocycles. The number of hydrogen-bond acceptors (Lipinski definition) is 3. The number of rotatable bonds is 2. The van der Waals surface area contributed by atoms with Crippen LogP contribution in [0.5, 0.6) is 0 Å². The zero-order valence-corrected chi connectivity index (χ0v) is 13.1. The lowest BCUT2D eigenvalue weighted by Gasteiger charge is -2.23. The number of para-hydroxylation sites is 1. The molecule has 0 spiro atoms. The summed E-state index contributed by atoms with van der Waals surface area (Å²) in [6, 6.07) is 18.9. The molecule has 2 aromatic carbocycles. The Balaban J connectivity index is 1.50. The first-order chi connectivity index (χ1) is 11.9. The van der Waals surface area contributed by atoms with E-state index >= 15 is 0 Å². The molecule has 4 heteroatoms. The maximum Gasteiger partial charge on any atom is 0.135 e. The molecule has 1 atom stereocenters. The maximum atomic E-state index is 5.95. The third-order valence-electron chi connectivity index (χ3n) is 4.70. The van der Waals surface area contributed by atoms with E-state index in [1.807, 2.05) is 18.2 Å². The number of imidazole rings is 1. The molecule has 118 valence electrons. The number of hydrogen-bond donors (Lipinski definition) is 2. The van der Waals surface area contributed by atoms with Crippen LogP contribution >= 0.6 is 0 Å². The van der Waals surface area contributed by atoms with Crippen LogP contribution in [0.1, 0.15) is 23.0 Å². The van der Waals surface area contributed by atoms with E-state index in [1.165, 1.54) is 11.3 Å². The smallest absolute Gasteiger partial charge is 0.135 e. The van der Waals surface area contributed by atoms with Crippen LogP contribution in [0.15, 0.2) is 65.3 Å². The van der Waals surface area contributed by atoms with E-state index in [-0.39, 0.29) is 6.04 Å². The van der Waals surface area contributed by atoms with E-state index in [0.29, 0.717) is 0 Å². The van der Waals surface area contributed by atoms with Crippen molar-refractivity contribution in [3.05, 3.63) is 77.9 Å². The molecule has 0 radical (unpaired) electrons. The zero-order chi connectivity index (χ0) is 15.9. The molecule has 24 heavy (non-hydrogen) atoms. The van der Waals surface area contributed by atoms with Crippen molar-refractivity contribution in [1.29, 1.82) is 0 Å². The van der Waals surface area contributed by atoms with Gasteiger partial charge in [-0.1, -0.05) is 42.5 Å². The third-order valence-corrected chi connectivity index (χ3v) is 4.70. The summed E-state index contributed by atoms with van der Waals surface area (Å²) in [5, 5.41) is 4.68. The molecule has 0 saturated carbocycles. The molecule has 3 heterocycles. The van der Waals surface area contributed by atoms with Gasteiger partial charge in [0.2, 0.25) is 0 Å². The highest BCUT2D eigenvalue weighted by Gasteiger charge is 2.23. The number of fused-ring (bicyclic) bond motifs is 2. The van der Waals surface area contributed by atoms with Crippen molar-refractivity contribution in [2.45, 2.75) is 12.5 Å². The molecular weight excluding hydrogens is 298 g/mol. The second kappa shape index (κ2) is 5.35. The summed E-state index contributed by atoms with van der Waals surface area (Å²) in [5.41, 5.74) is 5.58. The molecule has 4 aromatic rings. The van der Waals surface area contributed by atoms with Crippen molar-refractivity contribution in [2.75, 3.05) is 6.54 Å². The predicted molar refractivity (Wildman–Crippen MR) is 93.8 cm³/mol. The molecule has 0 amide bonds. The van der Waals surface area contributed by atoms with Gasteiger partial charge in [0.1, 0.15) is 11.3 Å². The summed E-state index contributed by atoms with van der Waals surface area (Å²) in [6.45, 7) is 0.963. The van der Waals surface area contributed by atoms with Crippen molar-refractivity contribution in [1.82, 2.24) is 15.3 Å². The highest BCUT2D eigenvalue weighted by atomic mass is 16.3. The molecule has 2 aromatic heterocycles. The van der Waals surface area contributed by atoms with Crippen LogP contribution in [0, 0.1) is 0 Å². The van der Waals surface area contributed by atoms with Gasteiger partial charge >= 0.3 is 0 Å². The zero-order valence-electron chi connectivity index (χ0n) is 13.1. The summed E-state index contributed by atoms with van der Waals surface area (Å²) in [5.74, 6) is 0.903. The molecule has 4 nitrogen and oxygen atoms in total. The van der Waals surface area contributed by atoms with Crippen molar-refractivity contribution >= 4 is 11.0 Å². The van der Waals surface area contributed by atoms with Gasteiger partial charge in [-0.3, -0.25) is 0 Å². The summed E-state index contributed by atoms with van der Waals surface area (Å²) in [7, 11) is 0. The Bertz CT molecular complexity index is 964. The Morgan fingerprint density at radius 1 is 1.04 bits per heavy atom. The number of H-pyrrole nitrogens is 1. The fourth-order valence-corrected chi connectivity index (χ4v) is 3.46. The van der Waals surface area contributed by atoms with Crippen molar-refractivity contribution in [2.24, 2.45) is 0 Å². The second-order valence-electron chi connectivity index (χ2n) is 6.17. The molecule has 2 N–H and O–H groups in total. The summed E-state index contributed by atoms with van der Waals surface area (Å²) in [6.07, 6.45) is 2.79. The molecule has 0 unspecified atom stereocenters. The van der Waals surface area contributed by atoms with Gasteiger partial charge in [0.05, 0.1) is 18.1 Å². The number of nitrogens with one attached hydrogen (secondary N) is 2. The van der Waals surface area contributed by atoms with E-state index in [1.54, 1.807) is 6.33 Å². The van der Waals surface area contributed by atoms with E-state index < -0.39 is 0 Å². The molecule has 0 fully saturated rings. The van der Waals surface area contributed by atoms with Gasteiger partial charge in [-0.05, 0) is 17.7 Å². The largest absolute Gasteiger partial charge is 0.456 e. The number of nitrogens with zero attached hydrogens (tertiary/aromatic N) is 1. The van der Waals surface area contributed by atoms with E-state index in [0.717, 1.165) is 41.0 Å². The predicted octanol–water partition coefficient (Wildman–Crippen LogP) is 4.06. The number of aromatic nitrogens is 2. The first-order valence-electron chi connectivity index (χ1n) is 8.23. The lowest BCUT2D eigenvalue weighted by atomic mass is 9.97. The third kappa shape index (κ3) is 2.15. The van der Waals surface area contributed by atoms with Gasteiger partial charge in [0, 0.05) is 29.6 Å². The van der Waals surface area contributed by atoms with Crippen molar-refractivity contribution in [3.8, 4) is 11.3 Å². The van der Waals surface area contributed by atoms with Crippen LogP contribution in [-0.4, -0.2) is 16.5 Å². The lowest BCUT2D eigenvalue weighted by Crippen LogP contribution is -2.30. The highest BCUT2D eigenvalue weighted by molar-refractivity contribution is 5.82. The number of furan rings is 1. The topological polar surface area (TPSA) is 53.9 Å². The Kier molecular flexibility index (Phi) is 3.03. The Morgan fingerprint density at radius 2 is 1.92 bits per heavy atom. The number of benzene rings is 2. The summed E-state index contributed by atoms with van der Waals surface area (Å²) >= 11 is 0. The monoisotopic (exact) mass is 315 g/mol. The summed E-state index contributed by atoms with van der Waals surface area (Å²) < 4.78 is 5.95. The standard InChI is InChI=1S/C20H17N3O/c1-2-4-17-15(3-1)11-18(24-17)13-5-7-14(8-6-13)19-20-16(9-10-21-19)22-12-23-20/h1-8,11-12,19,21H,9-10H2,(H,22,23)/t19-/m0/s1. The quantitative estimate of drug-likeness (QED) is 0.586. The van der Waals surface area contributed by atoms with Gasteiger partial charge in [0.25, 0.3) is 0 Å².